The van der Waals surface area contributed by atoms with Crippen molar-refractivity contribution in [3.05, 3.63) is 23.8 Å². The van der Waals surface area contributed by atoms with Crippen LogP contribution in [-0.4, -0.2) is 21.7 Å². The number of aromatic nitrogens is 2. The van der Waals surface area contributed by atoms with Gasteiger partial charge in [-0.05, 0) is 19.8 Å². The second kappa shape index (κ2) is 3.07. The zero-order valence-corrected chi connectivity index (χ0v) is 7.82. The van der Waals surface area contributed by atoms with Crippen molar-refractivity contribution in [1.29, 1.82) is 0 Å². The molecule has 2 rings (SSSR count). The van der Waals surface area contributed by atoms with Crippen molar-refractivity contribution < 1.29 is 5.11 Å². The normalized spacial score (nSPS) is 19.5. The molecule has 0 spiro atoms. The van der Waals surface area contributed by atoms with Gasteiger partial charge < -0.3 is 5.11 Å². The van der Waals surface area contributed by atoms with E-state index < -0.39 is 0 Å². The van der Waals surface area contributed by atoms with Crippen LogP contribution < -0.4 is 0 Å². The molecule has 1 fully saturated rings. The van der Waals surface area contributed by atoms with E-state index in [2.05, 4.69) is 9.97 Å². The Bertz CT molecular complexity index is 302. The highest BCUT2D eigenvalue weighted by molar-refractivity contribution is 5.28. The van der Waals surface area contributed by atoms with Crippen LogP contribution in [0.3, 0.4) is 0 Å². The fraction of sp³-hybridized carbons (Fsp3) is 0.600. The van der Waals surface area contributed by atoms with Gasteiger partial charge in [0.25, 0.3) is 0 Å². The van der Waals surface area contributed by atoms with E-state index in [1.165, 1.54) is 6.42 Å². The van der Waals surface area contributed by atoms with Crippen LogP contribution >= 0.6 is 0 Å². The first-order chi connectivity index (χ1) is 6.28. The molecule has 1 aliphatic carbocycles. The van der Waals surface area contributed by atoms with E-state index in [0.29, 0.717) is 0 Å². The Labute approximate surface area is 77.8 Å². The first kappa shape index (κ1) is 8.63. The molecule has 0 saturated heterocycles. The van der Waals surface area contributed by atoms with E-state index >= 15 is 0 Å². The molecule has 0 atom stereocenters. The van der Waals surface area contributed by atoms with Crippen LogP contribution in [0.2, 0.25) is 0 Å². The van der Waals surface area contributed by atoms with Gasteiger partial charge in [0, 0.05) is 22.9 Å². The van der Waals surface area contributed by atoms with Crippen LogP contribution in [0, 0.1) is 6.92 Å². The summed E-state index contributed by atoms with van der Waals surface area (Å²) in [5.41, 5.74) is 2.11. The van der Waals surface area contributed by atoms with Crippen molar-refractivity contribution in [2.75, 3.05) is 6.61 Å². The van der Waals surface area contributed by atoms with Gasteiger partial charge >= 0.3 is 0 Å². The third-order valence-corrected chi connectivity index (χ3v) is 3.10. The minimum Gasteiger partial charge on any atom is -0.395 e. The number of rotatable bonds is 2. The summed E-state index contributed by atoms with van der Waals surface area (Å²) in [6.45, 7) is 2.20. The smallest absolute Gasteiger partial charge is 0.115 e. The highest BCUT2D eigenvalue weighted by Gasteiger charge is 2.39. The molecule has 1 aliphatic rings. The molecule has 70 valence electrons. The lowest BCUT2D eigenvalue weighted by Crippen LogP contribution is -2.38. The summed E-state index contributed by atoms with van der Waals surface area (Å²) < 4.78 is 0. The lowest BCUT2D eigenvalue weighted by molar-refractivity contribution is 0.119. The highest BCUT2D eigenvalue weighted by Crippen LogP contribution is 2.43. The molecule has 0 radical (unpaired) electrons. The summed E-state index contributed by atoms with van der Waals surface area (Å²) in [4.78, 5) is 8.17. The molecule has 1 heterocycles. The van der Waals surface area contributed by atoms with E-state index in [-0.39, 0.29) is 12.0 Å². The molecule has 0 aromatic carbocycles. The molecule has 3 nitrogen and oxygen atoms in total. The van der Waals surface area contributed by atoms with Crippen LogP contribution in [-0.2, 0) is 5.41 Å². The van der Waals surface area contributed by atoms with Gasteiger partial charge in [-0.3, -0.25) is 0 Å². The Morgan fingerprint density at radius 1 is 1.54 bits per heavy atom. The zero-order chi connectivity index (χ0) is 9.31. The molecule has 1 aromatic rings. The van der Waals surface area contributed by atoms with Gasteiger partial charge in [0.05, 0.1) is 6.61 Å². The summed E-state index contributed by atoms with van der Waals surface area (Å²) in [5.74, 6) is 0. The van der Waals surface area contributed by atoms with Gasteiger partial charge in [0.2, 0.25) is 0 Å². The number of aliphatic hydroxyl groups excluding tert-OH is 1. The molecular formula is C10H14N2O. The molecular weight excluding hydrogens is 164 g/mol. The molecule has 0 bridgehead atoms. The maximum Gasteiger partial charge on any atom is 0.115 e. The van der Waals surface area contributed by atoms with Crippen LogP contribution in [0.25, 0.3) is 0 Å². The van der Waals surface area contributed by atoms with E-state index in [1.807, 2.05) is 13.1 Å². The Hall–Kier alpha value is -0.960. The molecule has 0 amide bonds. The largest absolute Gasteiger partial charge is 0.395 e. The van der Waals surface area contributed by atoms with E-state index in [9.17, 15) is 5.11 Å². The van der Waals surface area contributed by atoms with Crippen molar-refractivity contribution in [2.45, 2.75) is 31.6 Å². The molecule has 1 aromatic heterocycles. The van der Waals surface area contributed by atoms with E-state index in [0.717, 1.165) is 24.1 Å². The predicted molar refractivity (Wildman–Crippen MR) is 49.4 cm³/mol. The summed E-state index contributed by atoms with van der Waals surface area (Å²) in [7, 11) is 0. The number of aliphatic hydroxyl groups is 1. The lowest BCUT2D eigenvalue weighted by Gasteiger charge is -2.40. The molecule has 0 aliphatic heterocycles. The van der Waals surface area contributed by atoms with Gasteiger partial charge in [-0.1, -0.05) is 6.42 Å². The van der Waals surface area contributed by atoms with Crippen molar-refractivity contribution in [3.8, 4) is 0 Å². The number of hydrogen-bond donors (Lipinski definition) is 1. The average molecular weight is 178 g/mol. The SMILES string of the molecule is Cc1ncncc1C1(CO)CCC1. The molecule has 1 saturated carbocycles. The quantitative estimate of drug-likeness (QED) is 0.740. The summed E-state index contributed by atoms with van der Waals surface area (Å²) >= 11 is 0. The zero-order valence-electron chi connectivity index (χ0n) is 7.82. The lowest BCUT2D eigenvalue weighted by atomic mass is 9.65. The topological polar surface area (TPSA) is 46.0 Å². The second-order valence-electron chi connectivity index (χ2n) is 3.81. The predicted octanol–water partition coefficient (Wildman–Crippen LogP) is 1.20. The Balaban J connectivity index is 2.38. The maximum atomic E-state index is 9.36. The highest BCUT2D eigenvalue weighted by atomic mass is 16.3. The minimum absolute atomic E-state index is 0.0225. The average Bonchev–Trinajstić information content (AvgIpc) is 2.07. The minimum atomic E-state index is -0.0225. The number of aryl methyl sites for hydroxylation is 1. The summed E-state index contributed by atoms with van der Waals surface area (Å²) in [6, 6.07) is 0. The monoisotopic (exact) mass is 178 g/mol. The van der Waals surface area contributed by atoms with Crippen LogP contribution in [0.5, 0.6) is 0 Å². The number of hydrogen-bond acceptors (Lipinski definition) is 3. The molecule has 0 unspecified atom stereocenters. The Morgan fingerprint density at radius 3 is 2.77 bits per heavy atom. The van der Waals surface area contributed by atoms with Gasteiger partial charge in [-0.2, -0.15) is 0 Å². The van der Waals surface area contributed by atoms with Crippen LogP contribution in [0.4, 0.5) is 0 Å². The first-order valence-electron chi connectivity index (χ1n) is 4.66. The van der Waals surface area contributed by atoms with Crippen LogP contribution in [0.15, 0.2) is 12.5 Å². The van der Waals surface area contributed by atoms with Crippen molar-refractivity contribution >= 4 is 0 Å². The second-order valence-corrected chi connectivity index (χ2v) is 3.81. The third-order valence-electron chi connectivity index (χ3n) is 3.10. The molecule has 1 N–H and O–H groups in total. The fourth-order valence-electron chi connectivity index (χ4n) is 2.03. The van der Waals surface area contributed by atoms with Crippen molar-refractivity contribution in [3.63, 3.8) is 0 Å². The van der Waals surface area contributed by atoms with Gasteiger partial charge in [-0.15, -0.1) is 0 Å². The third kappa shape index (κ3) is 1.23. The fourth-order valence-corrected chi connectivity index (χ4v) is 2.03. The molecule has 3 heteroatoms. The standard InChI is InChI=1S/C10H14N2O/c1-8-9(5-11-7-12-8)10(6-13)3-2-4-10/h5,7,13H,2-4,6H2,1H3. The summed E-state index contributed by atoms with van der Waals surface area (Å²) in [5, 5.41) is 9.36. The Morgan fingerprint density at radius 2 is 2.31 bits per heavy atom. The van der Waals surface area contributed by atoms with E-state index in [4.69, 9.17) is 0 Å². The van der Waals surface area contributed by atoms with Crippen molar-refractivity contribution in [2.24, 2.45) is 0 Å². The molecule has 13 heavy (non-hydrogen) atoms. The number of nitrogens with zero attached hydrogens (tertiary/aromatic N) is 2. The maximum absolute atomic E-state index is 9.36. The van der Waals surface area contributed by atoms with Gasteiger partial charge in [0.15, 0.2) is 0 Å². The Kier molecular flexibility index (Phi) is 2.04. The summed E-state index contributed by atoms with van der Waals surface area (Å²) in [6.07, 6.45) is 6.74. The van der Waals surface area contributed by atoms with Crippen molar-refractivity contribution in [1.82, 2.24) is 9.97 Å². The van der Waals surface area contributed by atoms with Gasteiger partial charge in [0.1, 0.15) is 6.33 Å². The first-order valence-corrected chi connectivity index (χ1v) is 4.66. The van der Waals surface area contributed by atoms with Gasteiger partial charge in [-0.25, -0.2) is 9.97 Å². The van der Waals surface area contributed by atoms with Crippen LogP contribution in [0.1, 0.15) is 30.5 Å². The van der Waals surface area contributed by atoms with E-state index in [1.54, 1.807) is 6.33 Å².